The zero-order valence-corrected chi connectivity index (χ0v) is 60.5. The number of ether oxygens (including phenoxy) is 1. The van der Waals surface area contributed by atoms with Gasteiger partial charge in [0.15, 0.2) is 0 Å². The molecule has 0 spiro atoms. The minimum absolute atomic E-state index is 0.00531. The Kier molecular flexibility index (Phi) is 32.9. The number of aliphatic hydroxyl groups is 1. The Labute approximate surface area is 555 Å². The minimum atomic E-state index is -1.64. The van der Waals surface area contributed by atoms with Crippen molar-refractivity contribution >= 4 is 65.0 Å². The van der Waals surface area contributed by atoms with Gasteiger partial charge in [-0.05, 0) is 108 Å². The van der Waals surface area contributed by atoms with Gasteiger partial charge in [-0.1, -0.05) is 126 Å². The maximum absolute atomic E-state index is 15.2. The quantitative estimate of drug-likeness (QED) is 0.126. The molecule has 5 N–H and O–H groups in total. The molecule has 1 saturated heterocycles. The van der Waals surface area contributed by atoms with E-state index in [-0.39, 0.29) is 56.5 Å². The molecular formula is C69H117N11O13. The van der Waals surface area contributed by atoms with Crippen molar-refractivity contribution in [3.63, 3.8) is 0 Å². The topological polar surface area (TPSA) is 288 Å². The highest BCUT2D eigenvalue weighted by Gasteiger charge is 2.46. The van der Waals surface area contributed by atoms with E-state index in [2.05, 4.69) is 21.3 Å². The molecule has 0 unspecified atom stereocenters. The van der Waals surface area contributed by atoms with Crippen LogP contribution in [0.25, 0.3) is 0 Å². The fraction of sp³-hybridized carbons (Fsp3) is 0.725. The summed E-state index contributed by atoms with van der Waals surface area (Å²) in [6.07, 6.45) is 2.66. The third kappa shape index (κ3) is 23.5. The van der Waals surface area contributed by atoms with Crippen LogP contribution in [0.4, 0.5) is 0 Å². The van der Waals surface area contributed by atoms with E-state index in [0.717, 1.165) is 15.4 Å². The van der Waals surface area contributed by atoms with Crippen molar-refractivity contribution in [2.24, 2.45) is 35.5 Å². The van der Waals surface area contributed by atoms with Crippen LogP contribution in [0.5, 0.6) is 0 Å². The highest BCUT2D eigenvalue weighted by atomic mass is 16.5. The predicted octanol–water partition coefficient (Wildman–Crippen LogP) is 4.61. The predicted molar refractivity (Wildman–Crippen MR) is 359 cm³/mol. The van der Waals surface area contributed by atoms with Gasteiger partial charge in [0.05, 0.1) is 24.9 Å². The number of hydrogen-bond acceptors (Lipinski definition) is 13. The van der Waals surface area contributed by atoms with Crippen LogP contribution in [0.3, 0.4) is 0 Å². The molecule has 1 aliphatic rings. The summed E-state index contributed by atoms with van der Waals surface area (Å²) in [6, 6.07) is -3.46. The number of rotatable bonds is 18. The van der Waals surface area contributed by atoms with Crippen molar-refractivity contribution in [3.8, 4) is 0 Å². The van der Waals surface area contributed by atoms with Crippen molar-refractivity contribution in [1.82, 2.24) is 55.6 Å². The van der Waals surface area contributed by atoms with Crippen molar-refractivity contribution in [1.29, 1.82) is 0 Å². The molecule has 0 saturated carbocycles. The number of benzene rings is 1. The summed E-state index contributed by atoms with van der Waals surface area (Å²) in [4.78, 5) is 171. The zero-order chi connectivity index (χ0) is 71.4. The summed E-state index contributed by atoms with van der Waals surface area (Å²) in [6.45, 7) is 29.2. The van der Waals surface area contributed by atoms with Gasteiger partial charge in [0.2, 0.25) is 65.0 Å². The van der Waals surface area contributed by atoms with Gasteiger partial charge < -0.3 is 65.4 Å². The van der Waals surface area contributed by atoms with Gasteiger partial charge in [0.1, 0.15) is 60.4 Å². The van der Waals surface area contributed by atoms with E-state index in [1.165, 1.54) is 87.7 Å². The summed E-state index contributed by atoms with van der Waals surface area (Å²) in [5.74, 6) is -10.0. The molecule has 0 bridgehead atoms. The summed E-state index contributed by atoms with van der Waals surface area (Å²) >= 11 is 0. The van der Waals surface area contributed by atoms with Crippen LogP contribution in [0, 0.1) is 35.5 Å². The van der Waals surface area contributed by atoms with Crippen LogP contribution in [-0.4, -0.2) is 232 Å². The molecule has 24 heteroatoms. The average molecular weight is 1310 g/mol. The second kappa shape index (κ2) is 37.2. The molecule has 526 valence electrons. The molecule has 1 aromatic rings. The number of carbonyl (C=O) groups excluding carboxylic acids is 11. The van der Waals surface area contributed by atoms with Crippen molar-refractivity contribution in [3.05, 3.63) is 48.0 Å². The number of aliphatic hydroxyl groups excluding tert-OH is 1. The van der Waals surface area contributed by atoms with Crippen LogP contribution in [0.15, 0.2) is 42.5 Å². The molecule has 0 radical (unpaired) electrons. The van der Waals surface area contributed by atoms with Gasteiger partial charge in [-0.25, -0.2) is 0 Å². The maximum Gasteiger partial charge on any atom is 0.246 e. The minimum Gasteiger partial charge on any atom is -0.390 e. The summed E-state index contributed by atoms with van der Waals surface area (Å²) in [5.41, 5.74) is -0.249. The molecule has 2 rings (SSSR count). The average Bonchev–Trinajstić information content (AvgIpc) is 0.829. The van der Waals surface area contributed by atoms with Crippen LogP contribution >= 0.6 is 0 Å². The van der Waals surface area contributed by atoms with E-state index in [1.807, 2.05) is 71.9 Å². The second-order valence-corrected chi connectivity index (χ2v) is 28.2. The smallest absolute Gasteiger partial charge is 0.246 e. The molecule has 93 heavy (non-hydrogen) atoms. The molecule has 1 aliphatic heterocycles. The van der Waals surface area contributed by atoms with Gasteiger partial charge in [0.25, 0.3) is 0 Å². The first-order valence-corrected chi connectivity index (χ1v) is 33.1. The summed E-state index contributed by atoms with van der Waals surface area (Å²) in [7, 11) is 9.87. The molecule has 11 amide bonds. The fourth-order valence-electron chi connectivity index (χ4n) is 11.6. The van der Waals surface area contributed by atoms with Gasteiger partial charge in [-0.15, -0.1) is 0 Å². The first-order chi connectivity index (χ1) is 43.1. The van der Waals surface area contributed by atoms with Crippen LogP contribution in [0.2, 0.25) is 0 Å². The number of carbonyl (C=O) groups is 11. The van der Waals surface area contributed by atoms with Crippen molar-refractivity contribution < 1.29 is 62.6 Å². The van der Waals surface area contributed by atoms with Gasteiger partial charge >= 0.3 is 0 Å². The second-order valence-electron chi connectivity index (χ2n) is 28.2. The van der Waals surface area contributed by atoms with E-state index in [1.54, 1.807) is 74.5 Å². The molecule has 1 fully saturated rings. The fourth-order valence-corrected chi connectivity index (χ4v) is 11.6. The third-order valence-electron chi connectivity index (χ3n) is 17.5. The standard InChI is InChI=1S/C69H117N11O13/c1-25-27-31-45(13)58(82)57-62(86)72-49(26-2)64(88)74(18)38-54(81)75(19)53(37-69(16,17)93-39-48-32-29-28-30-33-48)61(85)73-55(43(9)10)67(91)76(20)50(34-40(3)4)60(84)70-46(14)59(83)71-47(15)63(87)77(21)51(35-41(5)6)65(89)78(22)52(36-42(7)8)66(90)79(23)56(44(11)12)68(92)80(57)24/h25,27-30,32-33,40-47,49-53,55-58,82H,26,31,34-39H2,1-24H3,(H,70,84)(H,71,83)(H,72,86)(H,73,85)/b27-25+/t45-,46+,47-,49+,50+,51+,52+,53+,55+,56+,57+,58-/m1/s1. The first-order valence-electron chi connectivity index (χ1n) is 33.1. The normalized spacial score (nSPS) is 25.7. The lowest BCUT2D eigenvalue weighted by Gasteiger charge is -2.41. The first kappa shape index (κ1) is 82.1. The van der Waals surface area contributed by atoms with E-state index < -0.39 is 161 Å². The van der Waals surface area contributed by atoms with Crippen molar-refractivity contribution in [2.75, 3.05) is 55.9 Å². The SMILES string of the molecule is C/C=C/C[C@@H](C)[C@@H](O)[C@H]1C(=O)N[C@@H](CC)C(=O)N(C)CC(=O)N(C)[C@@H](CC(C)(C)OCc2ccccc2)C(=O)N[C@@H](C(C)C)C(=O)N(C)[C@@H](CC(C)C)C(=O)N[C@@H](C)C(=O)N[C@H](C)C(=O)N(C)[C@@H](CC(C)C)C(=O)N(C)[C@@H](CC(C)C)C(=O)N(C)[C@@H](C(C)C)C(=O)N1C. The van der Waals surface area contributed by atoms with Gasteiger partial charge in [0, 0.05) is 55.8 Å². The highest BCUT2D eigenvalue weighted by molar-refractivity contribution is 5.99. The van der Waals surface area contributed by atoms with Gasteiger partial charge in [-0.3, -0.25) is 52.7 Å². The monoisotopic (exact) mass is 1310 g/mol. The summed E-state index contributed by atoms with van der Waals surface area (Å²) < 4.78 is 6.39. The number of hydrogen-bond donors (Lipinski definition) is 5. The molecule has 0 aliphatic carbocycles. The Morgan fingerprint density at radius 2 is 1.01 bits per heavy atom. The number of amides is 11. The number of likely N-dealkylation sites (N-methyl/N-ethyl adjacent to an activating group) is 7. The Morgan fingerprint density at radius 3 is 1.51 bits per heavy atom. The van der Waals surface area contributed by atoms with Gasteiger partial charge in [-0.2, -0.15) is 0 Å². The van der Waals surface area contributed by atoms with E-state index >= 15 is 19.2 Å². The largest absolute Gasteiger partial charge is 0.390 e. The molecule has 1 aromatic carbocycles. The molecular weight excluding hydrogens is 1190 g/mol. The third-order valence-corrected chi connectivity index (χ3v) is 17.5. The lowest BCUT2D eigenvalue weighted by Crippen LogP contribution is -2.63. The zero-order valence-electron chi connectivity index (χ0n) is 60.5. The molecule has 24 nitrogen and oxygen atoms in total. The van der Waals surface area contributed by atoms with E-state index in [4.69, 9.17) is 4.74 Å². The Hall–Kier alpha value is -6.95. The van der Waals surface area contributed by atoms with Crippen molar-refractivity contribution in [2.45, 2.75) is 235 Å². The van der Waals surface area contributed by atoms with E-state index in [0.29, 0.717) is 6.42 Å². The molecule has 1 heterocycles. The van der Waals surface area contributed by atoms with Crippen LogP contribution < -0.4 is 21.3 Å². The summed E-state index contributed by atoms with van der Waals surface area (Å²) in [5, 5.41) is 23.2. The number of nitrogens with one attached hydrogen (secondary N) is 4. The Morgan fingerprint density at radius 1 is 0.538 bits per heavy atom. The Balaban J connectivity index is 3.03. The van der Waals surface area contributed by atoms with Crippen LogP contribution in [-0.2, 0) is 64.1 Å². The molecule has 0 aromatic heterocycles. The van der Waals surface area contributed by atoms with Crippen LogP contribution in [0.1, 0.15) is 162 Å². The maximum atomic E-state index is 15.2. The highest BCUT2D eigenvalue weighted by Crippen LogP contribution is 2.27. The lowest BCUT2D eigenvalue weighted by molar-refractivity contribution is -0.157. The Bertz CT molecular complexity index is 2720. The number of allylic oxidation sites excluding steroid dienone is 2. The lowest BCUT2D eigenvalue weighted by atomic mass is 9.91. The number of nitrogens with zero attached hydrogens (tertiary/aromatic N) is 7. The molecule has 12 atom stereocenters. The van der Waals surface area contributed by atoms with E-state index in [9.17, 15) is 38.7 Å².